The van der Waals surface area contributed by atoms with Gasteiger partial charge in [-0.2, -0.15) is 5.10 Å². The van der Waals surface area contributed by atoms with Gasteiger partial charge in [0, 0.05) is 25.2 Å². The van der Waals surface area contributed by atoms with Gasteiger partial charge in [0.05, 0.1) is 29.6 Å². The van der Waals surface area contributed by atoms with Gasteiger partial charge in [0.2, 0.25) is 0 Å². The summed E-state index contributed by atoms with van der Waals surface area (Å²) in [7, 11) is 0. The minimum absolute atomic E-state index is 0.0438. The van der Waals surface area contributed by atoms with Crippen molar-refractivity contribution >= 4 is 5.82 Å². The fourth-order valence-electron chi connectivity index (χ4n) is 4.15. The smallest absolute Gasteiger partial charge is 0.148 e. The summed E-state index contributed by atoms with van der Waals surface area (Å²) in [6.07, 6.45) is 3.31. The molecule has 2 aliphatic heterocycles. The van der Waals surface area contributed by atoms with Gasteiger partial charge in [0.25, 0.3) is 0 Å². The Morgan fingerprint density at radius 2 is 2.12 bits per heavy atom. The molecule has 6 nitrogen and oxygen atoms in total. The summed E-state index contributed by atoms with van der Waals surface area (Å²) >= 11 is 0. The molecule has 0 radical (unpaired) electrons. The van der Waals surface area contributed by atoms with E-state index in [2.05, 4.69) is 37.5 Å². The van der Waals surface area contributed by atoms with Crippen LogP contribution < -0.4 is 5.32 Å². The van der Waals surface area contributed by atoms with Gasteiger partial charge in [-0.05, 0) is 57.5 Å². The third-order valence-corrected chi connectivity index (χ3v) is 5.31. The molecule has 0 bridgehead atoms. The number of pyridine rings is 1. The summed E-state index contributed by atoms with van der Waals surface area (Å²) in [6, 6.07) is 10.5. The minimum Gasteiger partial charge on any atom is -0.371 e. The lowest BCUT2D eigenvalue weighted by molar-refractivity contribution is -0.0535. The van der Waals surface area contributed by atoms with Crippen LogP contribution in [-0.2, 0) is 11.3 Å². The standard InChI is InChI=1S/C20H27N5O/c1-15-5-3-6-17(21-15)12-25-10-4-9-20(14-25)11-18(13-26-20)22-19-8-7-16(2)23-24-19/h3,5-8,18H,4,9-14H2,1-2H3,(H,22,24)/t18-,20-/m1/s1. The number of hydrogen-bond donors (Lipinski definition) is 1. The van der Waals surface area contributed by atoms with Crippen molar-refractivity contribution in [3.8, 4) is 0 Å². The number of likely N-dealkylation sites (tertiary alicyclic amines) is 1. The Hall–Kier alpha value is -2.05. The first-order valence-corrected chi connectivity index (χ1v) is 9.46. The van der Waals surface area contributed by atoms with Gasteiger partial charge in [0.1, 0.15) is 5.82 Å². The van der Waals surface area contributed by atoms with E-state index in [0.717, 1.165) is 62.0 Å². The molecule has 0 aromatic carbocycles. The molecule has 1 N–H and O–H groups in total. The van der Waals surface area contributed by atoms with E-state index < -0.39 is 0 Å². The maximum absolute atomic E-state index is 6.31. The first-order chi connectivity index (χ1) is 12.6. The van der Waals surface area contributed by atoms with Crippen molar-refractivity contribution in [3.63, 3.8) is 0 Å². The monoisotopic (exact) mass is 353 g/mol. The van der Waals surface area contributed by atoms with Crippen LogP contribution in [0.2, 0.25) is 0 Å². The molecule has 2 aromatic heterocycles. The van der Waals surface area contributed by atoms with E-state index in [1.807, 2.05) is 32.0 Å². The highest BCUT2D eigenvalue weighted by Gasteiger charge is 2.43. The van der Waals surface area contributed by atoms with Gasteiger partial charge in [-0.25, -0.2) is 0 Å². The van der Waals surface area contributed by atoms with E-state index in [1.54, 1.807) is 0 Å². The molecule has 6 heteroatoms. The summed E-state index contributed by atoms with van der Waals surface area (Å²) in [6.45, 7) is 7.71. The van der Waals surface area contributed by atoms with Crippen LogP contribution >= 0.6 is 0 Å². The van der Waals surface area contributed by atoms with E-state index in [9.17, 15) is 0 Å². The largest absolute Gasteiger partial charge is 0.371 e. The van der Waals surface area contributed by atoms with Crippen LogP contribution in [0.4, 0.5) is 5.82 Å². The molecule has 0 amide bonds. The molecule has 138 valence electrons. The number of rotatable bonds is 4. The molecule has 2 fully saturated rings. The topological polar surface area (TPSA) is 63.2 Å². The Labute approximate surface area is 155 Å². The Morgan fingerprint density at radius 3 is 2.92 bits per heavy atom. The molecule has 0 saturated carbocycles. The molecule has 1 spiro atoms. The van der Waals surface area contributed by atoms with Crippen LogP contribution in [0.1, 0.15) is 36.3 Å². The zero-order chi connectivity index (χ0) is 18.0. The number of piperidine rings is 1. The van der Waals surface area contributed by atoms with E-state index >= 15 is 0 Å². The number of ether oxygens (including phenoxy) is 1. The lowest BCUT2D eigenvalue weighted by Crippen LogP contribution is -2.47. The Morgan fingerprint density at radius 1 is 1.19 bits per heavy atom. The molecule has 0 unspecified atom stereocenters. The molecular weight excluding hydrogens is 326 g/mol. The normalized spacial score (nSPS) is 26.3. The average Bonchev–Trinajstić information content (AvgIpc) is 2.99. The van der Waals surface area contributed by atoms with Crippen molar-refractivity contribution in [2.24, 2.45) is 0 Å². The summed E-state index contributed by atoms with van der Waals surface area (Å²) in [5, 5.41) is 11.8. The van der Waals surface area contributed by atoms with Crippen LogP contribution in [0.15, 0.2) is 30.3 Å². The van der Waals surface area contributed by atoms with Crippen molar-refractivity contribution < 1.29 is 4.74 Å². The highest BCUT2D eigenvalue weighted by molar-refractivity contribution is 5.34. The van der Waals surface area contributed by atoms with Gasteiger partial charge >= 0.3 is 0 Å². The molecule has 2 aromatic rings. The Bertz CT molecular complexity index is 750. The zero-order valence-electron chi connectivity index (χ0n) is 15.6. The van der Waals surface area contributed by atoms with E-state index in [0.29, 0.717) is 6.04 Å². The van der Waals surface area contributed by atoms with Crippen molar-refractivity contribution in [2.75, 3.05) is 25.0 Å². The third kappa shape index (κ3) is 4.02. The maximum Gasteiger partial charge on any atom is 0.148 e. The highest BCUT2D eigenvalue weighted by atomic mass is 16.5. The second-order valence-electron chi connectivity index (χ2n) is 7.68. The fraction of sp³-hybridized carbons (Fsp3) is 0.550. The summed E-state index contributed by atoms with van der Waals surface area (Å²) in [5.41, 5.74) is 3.11. The van der Waals surface area contributed by atoms with Crippen LogP contribution in [-0.4, -0.2) is 51.4 Å². The highest BCUT2D eigenvalue weighted by Crippen LogP contribution is 2.36. The molecule has 4 rings (SSSR count). The van der Waals surface area contributed by atoms with E-state index in [-0.39, 0.29) is 5.60 Å². The van der Waals surface area contributed by atoms with Crippen molar-refractivity contribution in [1.82, 2.24) is 20.1 Å². The van der Waals surface area contributed by atoms with Crippen LogP contribution in [0, 0.1) is 13.8 Å². The van der Waals surface area contributed by atoms with Gasteiger partial charge in [-0.15, -0.1) is 5.10 Å². The second kappa shape index (κ2) is 7.29. The maximum atomic E-state index is 6.31. The number of aromatic nitrogens is 3. The van der Waals surface area contributed by atoms with Gasteiger partial charge in [-0.3, -0.25) is 9.88 Å². The summed E-state index contributed by atoms with van der Waals surface area (Å²) in [4.78, 5) is 7.14. The Kier molecular flexibility index (Phi) is 4.87. The molecule has 2 saturated heterocycles. The lowest BCUT2D eigenvalue weighted by atomic mass is 9.88. The van der Waals surface area contributed by atoms with Crippen molar-refractivity contribution in [1.29, 1.82) is 0 Å². The predicted molar refractivity (Wildman–Crippen MR) is 101 cm³/mol. The molecule has 4 heterocycles. The number of hydrogen-bond acceptors (Lipinski definition) is 6. The van der Waals surface area contributed by atoms with Gasteiger partial charge in [-0.1, -0.05) is 6.07 Å². The quantitative estimate of drug-likeness (QED) is 0.912. The number of aryl methyl sites for hydroxylation is 2. The number of nitrogens with one attached hydrogen (secondary N) is 1. The van der Waals surface area contributed by atoms with Gasteiger partial charge < -0.3 is 10.1 Å². The van der Waals surface area contributed by atoms with Crippen LogP contribution in [0.3, 0.4) is 0 Å². The summed E-state index contributed by atoms with van der Waals surface area (Å²) < 4.78 is 6.31. The third-order valence-electron chi connectivity index (χ3n) is 5.31. The summed E-state index contributed by atoms with van der Waals surface area (Å²) in [5.74, 6) is 0.831. The number of anilines is 1. The lowest BCUT2D eigenvalue weighted by Gasteiger charge is -2.39. The molecular formula is C20H27N5O. The van der Waals surface area contributed by atoms with E-state index in [4.69, 9.17) is 4.74 Å². The molecule has 26 heavy (non-hydrogen) atoms. The molecule has 2 atom stereocenters. The van der Waals surface area contributed by atoms with Crippen LogP contribution in [0.25, 0.3) is 0 Å². The first-order valence-electron chi connectivity index (χ1n) is 9.46. The zero-order valence-corrected chi connectivity index (χ0v) is 15.6. The second-order valence-corrected chi connectivity index (χ2v) is 7.68. The average molecular weight is 353 g/mol. The molecule has 2 aliphatic rings. The van der Waals surface area contributed by atoms with E-state index in [1.165, 1.54) is 6.42 Å². The predicted octanol–water partition coefficient (Wildman–Crippen LogP) is 2.72. The minimum atomic E-state index is -0.0438. The first kappa shape index (κ1) is 17.4. The fourth-order valence-corrected chi connectivity index (χ4v) is 4.15. The molecule has 0 aliphatic carbocycles. The van der Waals surface area contributed by atoms with Gasteiger partial charge in [0.15, 0.2) is 0 Å². The van der Waals surface area contributed by atoms with Crippen LogP contribution in [0.5, 0.6) is 0 Å². The van der Waals surface area contributed by atoms with Crippen molar-refractivity contribution in [2.45, 2.75) is 51.3 Å². The number of nitrogens with zero attached hydrogens (tertiary/aromatic N) is 4. The van der Waals surface area contributed by atoms with Crippen molar-refractivity contribution in [3.05, 3.63) is 47.4 Å². The Balaban J connectivity index is 1.37. The SMILES string of the molecule is Cc1ccc(N[C@H]2CO[C@]3(CCCN(Cc4cccc(C)n4)C3)C2)nn1.